The Labute approximate surface area is 121 Å². The highest BCUT2D eigenvalue weighted by Crippen LogP contribution is 2.38. The zero-order chi connectivity index (χ0) is 14.0. The summed E-state index contributed by atoms with van der Waals surface area (Å²) in [6.45, 7) is 3.01. The molecule has 0 atom stereocenters. The van der Waals surface area contributed by atoms with Gasteiger partial charge < -0.3 is 10.6 Å². The van der Waals surface area contributed by atoms with Crippen molar-refractivity contribution >= 4 is 11.6 Å². The third-order valence-corrected chi connectivity index (χ3v) is 4.64. The summed E-state index contributed by atoms with van der Waals surface area (Å²) in [5.74, 6) is 0.179. The van der Waals surface area contributed by atoms with Crippen molar-refractivity contribution in [1.29, 1.82) is 0 Å². The number of rotatable bonds is 5. The number of carbonyl (C=O) groups is 1. The first-order valence-electron chi connectivity index (χ1n) is 7.79. The van der Waals surface area contributed by atoms with Crippen molar-refractivity contribution in [2.45, 2.75) is 58.0 Å². The van der Waals surface area contributed by atoms with Crippen molar-refractivity contribution in [3.05, 3.63) is 29.8 Å². The van der Waals surface area contributed by atoms with Crippen molar-refractivity contribution < 1.29 is 4.79 Å². The van der Waals surface area contributed by atoms with Crippen LogP contribution in [0.1, 0.15) is 51.0 Å². The predicted octanol–water partition coefficient (Wildman–Crippen LogP) is 3.46. The summed E-state index contributed by atoms with van der Waals surface area (Å²) in [5, 5.41) is 6.57. The molecular weight excluding hydrogens is 248 g/mol. The Morgan fingerprint density at radius 1 is 1.20 bits per heavy atom. The summed E-state index contributed by atoms with van der Waals surface area (Å²) < 4.78 is 0. The fourth-order valence-corrected chi connectivity index (χ4v) is 2.92. The number of nitrogens with one attached hydrogen (secondary N) is 2. The molecule has 0 saturated heterocycles. The van der Waals surface area contributed by atoms with Gasteiger partial charge in [0.15, 0.2) is 0 Å². The summed E-state index contributed by atoms with van der Waals surface area (Å²) in [7, 11) is 0. The molecule has 2 aliphatic carbocycles. The molecule has 108 valence electrons. The monoisotopic (exact) mass is 272 g/mol. The van der Waals surface area contributed by atoms with Gasteiger partial charge >= 0.3 is 0 Å². The number of carbonyl (C=O) groups excluding carboxylic acids is 1. The molecule has 1 amide bonds. The number of anilines is 1. The van der Waals surface area contributed by atoms with Crippen LogP contribution in [0.25, 0.3) is 0 Å². The van der Waals surface area contributed by atoms with E-state index in [0.717, 1.165) is 31.1 Å². The van der Waals surface area contributed by atoms with Gasteiger partial charge in [0.1, 0.15) is 0 Å². The summed E-state index contributed by atoms with van der Waals surface area (Å²) in [6.07, 6.45) is 7.01. The van der Waals surface area contributed by atoms with E-state index in [-0.39, 0.29) is 11.3 Å². The van der Waals surface area contributed by atoms with Crippen LogP contribution >= 0.6 is 0 Å². The molecule has 3 nitrogen and oxygen atoms in total. The van der Waals surface area contributed by atoms with E-state index in [4.69, 9.17) is 0 Å². The summed E-state index contributed by atoms with van der Waals surface area (Å²) >= 11 is 0. The number of hydrogen-bond acceptors (Lipinski definition) is 2. The van der Waals surface area contributed by atoms with Crippen molar-refractivity contribution in [3.8, 4) is 0 Å². The van der Waals surface area contributed by atoms with Crippen molar-refractivity contribution in [2.75, 3.05) is 5.32 Å². The zero-order valence-corrected chi connectivity index (χ0v) is 12.2. The number of amides is 1. The lowest BCUT2D eigenvalue weighted by Crippen LogP contribution is -2.30. The van der Waals surface area contributed by atoms with Crippen LogP contribution in [-0.4, -0.2) is 11.9 Å². The highest BCUT2D eigenvalue weighted by Gasteiger charge is 2.36. The molecule has 2 N–H and O–H groups in total. The molecule has 0 spiro atoms. The fourth-order valence-electron chi connectivity index (χ4n) is 2.92. The molecule has 0 heterocycles. The van der Waals surface area contributed by atoms with Gasteiger partial charge in [0.25, 0.3) is 0 Å². The minimum absolute atomic E-state index is 0.161. The quantitative estimate of drug-likeness (QED) is 0.862. The molecular formula is C17H24N2O. The first-order valence-corrected chi connectivity index (χ1v) is 7.79. The van der Waals surface area contributed by atoms with E-state index >= 15 is 0 Å². The largest absolute Gasteiger partial charge is 0.326 e. The van der Waals surface area contributed by atoms with Crippen LogP contribution in [0.15, 0.2) is 24.3 Å². The smallest absolute Gasteiger partial charge is 0.230 e. The molecule has 1 aromatic carbocycles. The first-order chi connectivity index (χ1) is 9.66. The Kier molecular flexibility index (Phi) is 3.79. The van der Waals surface area contributed by atoms with Gasteiger partial charge in [-0.05, 0) is 43.4 Å². The predicted molar refractivity (Wildman–Crippen MR) is 81.5 cm³/mol. The summed E-state index contributed by atoms with van der Waals surface area (Å²) in [6, 6.07) is 8.96. The minimum Gasteiger partial charge on any atom is -0.326 e. The molecule has 20 heavy (non-hydrogen) atoms. The van der Waals surface area contributed by atoms with E-state index in [0.29, 0.717) is 0 Å². The zero-order valence-electron chi connectivity index (χ0n) is 12.2. The molecule has 2 fully saturated rings. The lowest BCUT2D eigenvalue weighted by molar-refractivity contribution is -0.124. The van der Waals surface area contributed by atoms with Gasteiger partial charge in [0.05, 0.1) is 0 Å². The Bertz CT molecular complexity index is 470. The maximum absolute atomic E-state index is 12.3. The fraction of sp³-hybridized carbons (Fsp3) is 0.588. The van der Waals surface area contributed by atoms with Gasteiger partial charge in [0.2, 0.25) is 5.91 Å². The van der Waals surface area contributed by atoms with Crippen LogP contribution in [0.5, 0.6) is 0 Å². The molecule has 3 heteroatoms. The molecule has 0 radical (unpaired) electrons. The Morgan fingerprint density at radius 2 is 1.85 bits per heavy atom. The highest BCUT2D eigenvalue weighted by molar-refractivity contribution is 5.95. The number of benzene rings is 1. The number of hydrogen-bond donors (Lipinski definition) is 2. The normalized spacial score (nSPS) is 20.9. The van der Waals surface area contributed by atoms with Crippen LogP contribution in [0.3, 0.4) is 0 Å². The van der Waals surface area contributed by atoms with Gasteiger partial charge in [-0.15, -0.1) is 0 Å². The van der Waals surface area contributed by atoms with E-state index in [1.807, 2.05) is 12.1 Å². The second-order valence-electron chi connectivity index (χ2n) is 6.57. The molecule has 0 aliphatic heterocycles. The molecule has 0 unspecified atom stereocenters. The van der Waals surface area contributed by atoms with Crippen LogP contribution in [0, 0.1) is 5.41 Å². The first kappa shape index (κ1) is 13.6. The lowest BCUT2D eigenvalue weighted by atomic mass is 9.88. The molecule has 2 saturated carbocycles. The standard InChI is InChI=1S/C17H24N2O/c1-17(10-2-3-11-17)16(20)19-15-6-4-13(5-7-15)12-18-14-8-9-14/h4-7,14,18H,2-3,8-12H2,1H3,(H,19,20). The SMILES string of the molecule is CC1(C(=O)Nc2ccc(CNC3CC3)cc2)CCCC1. The van der Waals surface area contributed by atoms with Gasteiger partial charge in [-0.2, -0.15) is 0 Å². The molecule has 0 aromatic heterocycles. The van der Waals surface area contributed by atoms with E-state index in [2.05, 4.69) is 29.7 Å². The van der Waals surface area contributed by atoms with E-state index in [9.17, 15) is 4.79 Å². The Hall–Kier alpha value is -1.35. The van der Waals surface area contributed by atoms with Gasteiger partial charge in [-0.3, -0.25) is 4.79 Å². The average Bonchev–Trinajstić information content (AvgIpc) is 3.18. The van der Waals surface area contributed by atoms with Crippen LogP contribution in [-0.2, 0) is 11.3 Å². The van der Waals surface area contributed by atoms with Gasteiger partial charge in [-0.25, -0.2) is 0 Å². The average molecular weight is 272 g/mol. The highest BCUT2D eigenvalue weighted by atomic mass is 16.2. The second kappa shape index (κ2) is 5.57. The maximum Gasteiger partial charge on any atom is 0.230 e. The van der Waals surface area contributed by atoms with Crippen molar-refractivity contribution in [1.82, 2.24) is 5.32 Å². The summed E-state index contributed by atoms with van der Waals surface area (Å²) in [5.41, 5.74) is 2.03. The molecule has 2 aliphatic rings. The van der Waals surface area contributed by atoms with Crippen LogP contribution < -0.4 is 10.6 Å². The molecule has 1 aromatic rings. The van der Waals surface area contributed by atoms with E-state index in [1.54, 1.807) is 0 Å². The third kappa shape index (κ3) is 3.21. The Balaban J connectivity index is 1.55. The van der Waals surface area contributed by atoms with E-state index < -0.39 is 0 Å². The van der Waals surface area contributed by atoms with Crippen LogP contribution in [0.2, 0.25) is 0 Å². The van der Waals surface area contributed by atoms with Crippen molar-refractivity contribution in [2.24, 2.45) is 5.41 Å². The molecule has 0 bridgehead atoms. The second-order valence-corrected chi connectivity index (χ2v) is 6.57. The lowest BCUT2D eigenvalue weighted by Gasteiger charge is -2.22. The topological polar surface area (TPSA) is 41.1 Å². The minimum atomic E-state index is -0.161. The van der Waals surface area contributed by atoms with Crippen LogP contribution in [0.4, 0.5) is 5.69 Å². The maximum atomic E-state index is 12.3. The third-order valence-electron chi connectivity index (χ3n) is 4.64. The summed E-state index contributed by atoms with van der Waals surface area (Å²) in [4.78, 5) is 12.3. The van der Waals surface area contributed by atoms with Gasteiger partial charge in [0, 0.05) is 23.7 Å². The van der Waals surface area contributed by atoms with Crippen molar-refractivity contribution in [3.63, 3.8) is 0 Å². The Morgan fingerprint density at radius 3 is 2.45 bits per heavy atom. The van der Waals surface area contributed by atoms with Gasteiger partial charge in [-0.1, -0.05) is 31.9 Å². The molecule has 3 rings (SSSR count). The van der Waals surface area contributed by atoms with E-state index in [1.165, 1.54) is 31.2 Å².